The highest BCUT2D eigenvalue weighted by Crippen LogP contribution is 2.27. The van der Waals surface area contributed by atoms with Crippen molar-refractivity contribution in [2.45, 2.75) is 24.2 Å². The van der Waals surface area contributed by atoms with Crippen LogP contribution in [-0.4, -0.2) is 44.7 Å². The molecule has 31 heavy (non-hydrogen) atoms. The smallest absolute Gasteiger partial charge is 0.244 e. The van der Waals surface area contributed by atoms with E-state index >= 15 is 0 Å². The number of anilines is 1. The van der Waals surface area contributed by atoms with E-state index in [-0.39, 0.29) is 28.3 Å². The number of carbonyl (C=O) groups excluding carboxylic acids is 2. The van der Waals surface area contributed by atoms with Gasteiger partial charge in [-0.25, -0.2) is 12.7 Å². The Bertz CT molecular complexity index is 1030. The van der Waals surface area contributed by atoms with E-state index in [9.17, 15) is 18.0 Å². The molecule has 7 nitrogen and oxygen atoms in total. The predicted molar refractivity (Wildman–Crippen MR) is 122 cm³/mol. The maximum absolute atomic E-state index is 12.8. The van der Waals surface area contributed by atoms with Crippen molar-refractivity contribution in [3.05, 3.63) is 71.8 Å². The van der Waals surface area contributed by atoms with Gasteiger partial charge in [0.1, 0.15) is 4.90 Å². The standard InChI is InChI=1S/C22H26ClN3O4S/c1-3-21(27)24-14-7-15-26(2)31(29,30)20-12-11-18(16-19(20)23)25-22(28)13-10-17-8-5-4-6-9-17/h3-6,8-9,11-12,16H,1,7,10,13-15H2,2H3,(H,24,27)(H,25,28). The summed E-state index contributed by atoms with van der Waals surface area (Å²) in [7, 11) is -2.37. The lowest BCUT2D eigenvalue weighted by Gasteiger charge is -2.18. The molecule has 2 aromatic carbocycles. The number of benzene rings is 2. The molecular weight excluding hydrogens is 438 g/mol. The van der Waals surface area contributed by atoms with Crippen molar-refractivity contribution in [3.63, 3.8) is 0 Å². The summed E-state index contributed by atoms with van der Waals surface area (Å²) in [5.41, 5.74) is 1.49. The minimum atomic E-state index is -3.81. The first-order valence-corrected chi connectivity index (χ1v) is 11.6. The van der Waals surface area contributed by atoms with Crippen molar-refractivity contribution >= 4 is 39.1 Å². The minimum Gasteiger partial charge on any atom is -0.353 e. The van der Waals surface area contributed by atoms with Gasteiger partial charge >= 0.3 is 0 Å². The lowest BCUT2D eigenvalue weighted by molar-refractivity contribution is -0.117. The van der Waals surface area contributed by atoms with Crippen molar-refractivity contribution in [2.75, 3.05) is 25.5 Å². The summed E-state index contributed by atoms with van der Waals surface area (Å²) in [5.74, 6) is -0.496. The van der Waals surface area contributed by atoms with Crippen molar-refractivity contribution < 1.29 is 18.0 Å². The monoisotopic (exact) mass is 463 g/mol. The fourth-order valence-electron chi connectivity index (χ4n) is 2.79. The van der Waals surface area contributed by atoms with Crippen molar-refractivity contribution in [2.24, 2.45) is 0 Å². The fraction of sp³-hybridized carbons (Fsp3) is 0.273. The van der Waals surface area contributed by atoms with Gasteiger partial charge in [-0.3, -0.25) is 9.59 Å². The predicted octanol–water partition coefficient (Wildman–Crippen LogP) is 3.22. The van der Waals surface area contributed by atoms with Gasteiger partial charge in [0, 0.05) is 32.2 Å². The van der Waals surface area contributed by atoms with Gasteiger partial charge in [-0.05, 0) is 42.7 Å². The van der Waals surface area contributed by atoms with Crippen LogP contribution in [0.5, 0.6) is 0 Å². The first-order valence-electron chi connectivity index (χ1n) is 9.74. The third-order valence-corrected chi connectivity index (χ3v) is 6.86. The molecule has 2 rings (SSSR count). The summed E-state index contributed by atoms with van der Waals surface area (Å²) in [6.45, 7) is 3.88. The molecule has 2 N–H and O–H groups in total. The number of sulfonamides is 1. The van der Waals surface area contributed by atoms with E-state index in [4.69, 9.17) is 11.6 Å². The lowest BCUT2D eigenvalue weighted by atomic mass is 10.1. The number of nitrogens with zero attached hydrogens (tertiary/aromatic N) is 1. The third-order valence-electron chi connectivity index (χ3n) is 4.52. The Labute approximate surface area is 188 Å². The number of rotatable bonds is 11. The van der Waals surface area contributed by atoms with E-state index in [1.54, 1.807) is 0 Å². The first-order chi connectivity index (χ1) is 14.7. The fourth-order valence-corrected chi connectivity index (χ4v) is 4.51. The highest BCUT2D eigenvalue weighted by molar-refractivity contribution is 7.89. The molecule has 0 aliphatic heterocycles. The number of aryl methyl sites for hydroxylation is 1. The summed E-state index contributed by atoms with van der Waals surface area (Å²) in [6.07, 6.45) is 2.49. The van der Waals surface area contributed by atoms with Gasteiger partial charge in [0.05, 0.1) is 5.02 Å². The van der Waals surface area contributed by atoms with Crippen LogP contribution in [0.3, 0.4) is 0 Å². The molecule has 0 saturated heterocycles. The molecule has 0 aliphatic carbocycles. The van der Waals surface area contributed by atoms with Gasteiger partial charge in [0.25, 0.3) is 0 Å². The number of halogens is 1. The van der Waals surface area contributed by atoms with Gasteiger partial charge < -0.3 is 10.6 Å². The van der Waals surface area contributed by atoms with Crippen LogP contribution in [0.2, 0.25) is 5.02 Å². The van der Waals surface area contributed by atoms with Crippen molar-refractivity contribution in [3.8, 4) is 0 Å². The van der Waals surface area contributed by atoms with Gasteiger partial charge in [-0.2, -0.15) is 0 Å². The first kappa shape index (κ1) is 24.6. The summed E-state index contributed by atoms with van der Waals surface area (Å²) in [4.78, 5) is 23.3. The topological polar surface area (TPSA) is 95.6 Å². The normalized spacial score (nSPS) is 11.2. The largest absolute Gasteiger partial charge is 0.353 e. The minimum absolute atomic E-state index is 0.0210. The van der Waals surface area contributed by atoms with Gasteiger partial charge in [0.2, 0.25) is 21.8 Å². The summed E-state index contributed by atoms with van der Waals surface area (Å²) in [6, 6.07) is 14.0. The zero-order valence-electron chi connectivity index (χ0n) is 17.3. The second kappa shape index (κ2) is 11.6. The molecule has 0 unspecified atom stereocenters. The van der Waals surface area contributed by atoms with Crippen LogP contribution in [-0.2, 0) is 26.0 Å². The van der Waals surface area contributed by atoms with Gasteiger partial charge in [-0.1, -0.05) is 48.5 Å². The molecule has 0 aliphatic rings. The maximum Gasteiger partial charge on any atom is 0.244 e. The Morgan fingerprint density at radius 3 is 2.52 bits per heavy atom. The van der Waals surface area contributed by atoms with Gasteiger partial charge in [0.15, 0.2) is 0 Å². The molecule has 0 spiro atoms. The Balaban J connectivity index is 1.94. The van der Waals surface area contributed by atoms with E-state index in [2.05, 4.69) is 17.2 Å². The van der Waals surface area contributed by atoms with Crippen LogP contribution in [0.1, 0.15) is 18.4 Å². The average Bonchev–Trinajstić information content (AvgIpc) is 2.75. The molecule has 9 heteroatoms. The van der Waals surface area contributed by atoms with E-state index in [1.165, 1.54) is 29.6 Å². The molecule has 0 fully saturated rings. The second-order valence-electron chi connectivity index (χ2n) is 6.85. The molecule has 0 atom stereocenters. The van der Waals surface area contributed by atoms with Crippen molar-refractivity contribution in [1.29, 1.82) is 0 Å². The quantitative estimate of drug-likeness (QED) is 0.395. The third kappa shape index (κ3) is 7.50. The molecule has 0 radical (unpaired) electrons. The highest BCUT2D eigenvalue weighted by Gasteiger charge is 2.23. The van der Waals surface area contributed by atoms with E-state index in [0.717, 1.165) is 11.6 Å². The van der Waals surface area contributed by atoms with Crippen LogP contribution >= 0.6 is 11.6 Å². The Kier molecular flexibility index (Phi) is 9.23. The average molecular weight is 464 g/mol. The molecular formula is C22H26ClN3O4S. The molecule has 0 saturated carbocycles. The zero-order chi connectivity index (χ0) is 22.9. The van der Waals surface area contributed by atoms with Crippen LogP contribution in [0.25, 0.3) is 0 Å². The molecule has 0 aromatic heterocycles. The van der Waals surface area contributed by atoms with E-state index in [1.807, 2.05) is 30.3 Å². The number of hydrogen-bond donors (Lipinski definition) is 2. The summed E-state index contributed by atoms with van der Waals surface area (Å²) < 4.78 is 26.7. The molecule has 2 aromatic rings. The Hall–Kier alpha value is -2.68. The highest BCUT2D eigenvalue weighted by atomic mass is 35.5. The van der Waals surface area contributed by atoms with Gasteiger partial charge in [-0.15, -0.1) is 0 Å². The molecule has 0 heterocycles. The van der Waals surface area contributed by atoms with Crippen molar-refractivity contribution in [1.82, 2.24) is 9.62 Å². The van der Waals surface area contributed by atoms with Crippen LogP contribution in [0, 0.1) is 0 Å². The maximum atomic E-state index is 12.8. The Morgan fingerprint density at radius 2 is 1.87 bits per heavy atom. The Morgan fingerprint density at radius 1 is 1.16 bits per heavy atom. The van der Waals surface area contributed by atoms with E-state index in [0.29, 0.717) is 31.5 Å². The van der Waals surface area contributed by atoms with Crippen LogP contribution in [0.4, 0.5) is 5.69 Å². The number of amides is 2. The van der Waals surface area contributed by atoms with Crippen LogP contribution in [0.15, 0.2) is 66.1 Å². The van der Waals surface area contributed by atoms with Crippen LogP contribution < -0.4 is 10.6 Å². The molecule has 166 valence electrons. The number of nitrogens with one attached hydrogen (secondary N) is 2. The zero-order valence-corrected chi connectivity index (χ0v) is 18.9. The number of carbonyl (C=O) groups is 2. The molecule has 0 bridgehead atoms. The SMILES string of the molecule is C=CC(=O)NCCCN(C)S(=O)(=O)c1ccc(NC(=O)CCc2ccccc2)cc1Cl. The summed E-state index contributed by atoms with van der Waals surface area (Å²) in [5, 5.41) is 5.35. The second-order valence-corrected chi connectivity index (χ2v) is 9.27. The molecule has 2 amide bonds. The lowest BCUT2D eigenvalue weighted by Crippen LogP contribution is -2.31. The number of hydrogen-bond acceptors (Lipinski definition) is 4. The van der Waals surface area contributed by atoms with E-state index < -0.39 is 10.0 Å². The summed E-state index contributed by atoms with van der Waals surface area (Å²) >= 11 is 6.21.